The van der Waals surface area contributed by atoms with E-state index < -0.39 is 23.5 Å². The molecule has 8 heteroatoms. The first kappa shape index (κ1) is 29.2. The van der Waals surface area contributed by atoms with Crippen LogP contribution in [0.1, 0.15) is 76.4 Å². The first-order valence-corrected chi connectivity index (χ1v) is 13.8. The van der Waals surface area contributed by atoms with E-state index in [1.54, 1.807) is 6.07 Å². The Bertz CT molecular complexity index is 1280. The van der Waals surface area contributed by atoms with Gasteiger partial charge in [-0.3, -0.25) is 9.59 Å². The third kappa shape index (κ3) is 4.89. The van der Waals surface area contributed by atoms with Crippen molar-refractivity contribution >= 4 is 28.9 Å². The van der Waals surface area contributed by atoms with Crippen molar-refractivity contribution in [3.63, 3.8) is 0 Å². The first-order valence-electron chi connectivity index (χ1n) is 13.4. The Balaban J connectivity index is 1.69. The fourth-order valence-corrected chi connectivity index (χ4v) is 5.92. The van der Waals surface area contributed by atoms with E-state index in [1.807, 2.05) is 6.92 Å². The van der Waals surface area contributed by atoms with Crippen LogP contribution >= 0.6 is 11.6 Å². The van der Waals surface area contributed by atoms with Crippen LogP contribution in [0.2, 0.25) is 5.02 Å². The molecule has 2 unspecified atom stereocenters. The molecule has 0 aromatic heterocycles. The van der Waals surface area contributed by atoms with Crippen LogP contribution in [0.4, 0.5) is 5.69 Å². The molecule has 2 aromatic rings. The number of methoxy groups -OCH3 is 2. The number of nitrogens with one attached hydrogen (secondary N) is 1. The molecule has 4 atom stereocenters. The van der Waals surface area contributed by atoms with Crippen LogP contribution in [0.25, 0.3) is 0 Å². The van der Waals surface area contributed by atoms with Crippen molar-refractivity contribution in [1.82, 2.24) is 0 Å². The number of rotatable bonds is 5. The highest BCUT2D eigenvalue weighted by Gasteiger charge is 2.63. The first-order chi connectivity index (χ1) is 18.1. The standard InChI is InChI=1S/C31H41ClN2O5/c1-16-10-21(35)20(15-34-19-12-17(29(2,3)4)11-18(13-19)30(5,6)7)27(33)31(16)28(36)24-22(37-8)14-23(38-9)25(32)26(24)39-31/h11-14,16,20,27,34H,10,15,33H2,1-9H3/t16-,20?,27?,31+/m1/s1. The van der Waals surface area contributed by atoms with Crippen molar-refractivity contribution in [2.75, 3.05) is 26.1 Å². The number of ketones is 2. The van der Waals surface area contributed by atoms with E-state index in [9.17, 15) is 9.59 Å². The molecule has 4 rings (SSSR count). The Morgan fingerprint density at radius 2 is 1.56 bits per heavy atom. The lowest BCUT2D eigenvalue weighted by Gasteiger charge is -2.45. The van der Waals surface area contributed by atoms with Crippen LogP contribution in [-0.4, -0.2) is 44.0 Å². The van der Waals surface area contributed by atoms with Crippen LogP contribution in [0.5, 0.6) is 17.2 Å². The maximum absolute atomic E-state index is 14.0. The highest BCUT2D eigenvalue weighted by atomic mass is 35.5. The summed E-state index contributed by atoms with van der Waals surface area (Å²) in [5.41, 5.74) is 8.81. The number of fused-ring (bicyclic) bond motifs is 1. The van der Waals surface area contributed by atoms with Gasteiger partial charge in [-0.1, -0.05) is 66.1 Å². The number of nitrogens with two attached hydrogens (primary N) is 1. The molecule has 0 radical (unpaired) electrons. The minimum atomic E-state index is -1.45. The highest BCUT2D eigenvalue weighted by Crippen LogP contribution is 2.54. The van der Waals surface area contributed by atoms with Gasteiger partial charge in [-0.05, 0) is 34.1 Å². The molecular formula is C31H41ClN2O5. The largest absolute Gasteiger partial charge is 0.496 e. The van der Waals surface area contributed by atoms with Crippen molar-refractivity contribution in [3.05, 3.63) is 46.0 Å². The summed E-state index contributed by atoms with van der Waals surface area (Å²) in [6.45, 7) is 15.2. The summed E-state index contributed by atoms with van der Waals surface area (Å²) in [6.07, 6.45) is 0.159. The number of anilines is 1. The molecule has 3 N–H and O–H groups in total. The fourth-order valence-electron chi connectivity index (χ4n) is 5.66. The van der Waals surface area contributed by atoms with Gasteiger partial charge < -0.3 is 25.3 Å². The fraction of sp³-hybridized carbons (Fsp3) is 0.548. The third-order valence-corrected chi connectivity index (χ3v) is 8.57. The Labute approximate surface area is 236 Å². The molecule has 1 saturated carbocycles. The van der Waals surface area contributed by atoms with Gasteiger partial charge in [0.05, 0.1) is 26.2 Å². The lowest BCUT2D eigenvalue weighted by molar-refractivity contribution is -0.132. The van der Waals surface area contributed by atoms with E-state index in [2.05, 4.69) is 65.1 Å². The lowest BCUT2D eigenvalue weighted by Crippen LogP contribution is -2.67. The van der Waals surface area contributed by atoms with Gasteiger partial charge in [0.15, 0.2) is 11.4 Å². The van der Waals surface area contributed by atoms with Crippen molar-refractivity contribution in [2.24, 2.45) is 17.6 Å². The predicted molar refractivity (Wildman–Crippen MR) is 155 cm³/mol. The maximum atomic E-state index is 14.0. The van der Waals surface area contributed by atoms with Crippen LogP contribution in [-0.2, 0) is 15.6 Å². The molecule has 2 aromatic carbocycles. The molecule has 212 valence electrons. The van der Waals surface area contributed by atoms with Crippen LogP contribution < -0.4 is 25.3 Å². The summed E-state index contributed by atoms with van der Waals surface area (Å²) in [5.74, 6) is -0.610. The van der Waals surface area contributed by atoms with E-state index in [0.29, 0.717) is 11.5 Å². The average molecular weight is 557 g/mol. The summed E-state index contributed by atoms with van der Waals surface area (Å²) in [6, 6.07) is 7.15. The zero-order valence-electron chi connectivity index (χ0n) is 24.5. The van der Waals surface area contributed by atoms with E-state index in [1.165, 1.54) is 25.3 Å². The molecule has 1 aliphatic carbocycles. The number of Topliss-reactive ketones (excluding diaryl/α,β-unsaturated/α-hetero) is 2. The summed E-state index contributed by atoms with van der Waals surface area (Å²) in [7, 11) is 2.95. The van der Waals surface area contributed by atoms with Crippen LogP contribution in [0.15, 0.2) is 24.3 Å². The number of carbonyl (C=O) groups is 2. The molecule has 1 aliphatic heterocycles. The van der Waals surface area contributed by atoms with E-state index in [-0.39, 0.29) is 51.7 Å². The number of benzene rings is 2. The molecule has 39 heavy (non-hydrogen) atoms. The van der Waals surface area contributed by atoms with Gasteiger partial charge in [-0.2, -0.15) is 0 Å². The van der Waals surface area contributed by atoms with E-state index >= 15 is 0 Å². The Morgan fingerprint density at radius 1 is 1.00 bits per heavy atom. The normalized spacial score (nSPS) is 24.9. The second-order valence-electron chi connectivity index (χ2n) is 12.9. The van der Waals surface area contributed by atoms with E-state index in [4.69, 9.17) is 31.5 Å². The smallest absolute Gasteiger partial charge is 0.215 e. The molecule has 2 aliphatic rings. The molecule has 0 bridgehead atoms. The second kappa shape index (κ2) is 10.0. The SMILES string of the molecule is COc1cc(OC)c2c(c1Cl)O[C@]1(C2=O)C(N)C(CNc2cc(C(C)(C)C)cc(C(C)(C)C)c2)C(=O)C[C@H]1C. The Morgan fingerprint density at radius 3 is 2.08 bits per heavy atom. The van der Waals surface area contributed by atoms with Gasteiger partial charge in [0, 0.05) is 30.6 Å². The van der Waals surface area contributed by atoms with Crippen LogP contribution in [0, 0.1) is 11.8 Å². The van der Waals surface area contributed by atoms with Crippen molar-refractivity contribution in [3.8, 4) is 17.2 Å². The minimum Gasteiger partial charge on any atom is -0.496 e. The Kier molecular flexibility index (Phi) is 7.50. The Hall–Kier alpha value is -2.77. The summed E-state index contributed by atoms with van der Waals surface area (Å²) in [5, 5.41) is 3.65. The topological polar surface area (TPSA) is 99.9 Å². The van der Waals surface area contributed by atoms with Gasteiger partial charge >= 0.3 is 0 Å². The van der Waals surface area contributed by atoms with Gasteiger partial charge in [0.1, 0.15) is 27.9 Å². The molecule has 0 saturated heterocycles. The molecule has 7 nitrogen and oxygen atoms in total. The molecule has 1 fully saturated rings. The minimum absolute atomic E-state index is 0.000792. The number of hydrogen-bond acceptors (Lipinski definition) is 7. The van der Waals surface area contributed by atoms with Gasteiger partial charge in [-0.25, -0.2) is 0 Å². The average Bonchev–Trinajstić information content (AvgIpc) is 3.16. The lowest BCUT2D eigenvalue weighted by atomic mass is 9.65. The van der Waals surface area contributed by atoms with Gasteiger partial charge in [0.2, 0.25) is 5.78 Å². The van der Waals surface area contributed by atoms with E-state index in [0.717, 1.165) is 5.69 Å². The molecular weight excluding hydrogens is 516 g/mol. The summed E-state index contributed by atoms with van der Waals surface area (Å²) < 4.78 is 17.3. The quantitative estimate of drug-likeness (QED) is 0.470. The zero-order valence-corrected chi connectivity index (χ0v) is 25.2. The number of halogens is 1. The summed E-state index contributed by atoms with van der Waals surface area (Å²) in [4.78, 5) is 27.4. The third-order valence-electron chi connectivity index (χ3n) is 8.22. The van der Waals surface area contributed by atoms with Crippen molar-refractivity contribution in [2.45, 2.75) is 77.4 Å². The number of ether oxygens (including phenoxy) is 3. The van der Waals surface area contributed by atoms with Crippen LogP contribution in [0.3, 0.4) is 0 Å². The van der Waals surface area contributed by atoms with Gasteiger partial charge in [-0.15, -0.1) is 0 Å². The monoisotopic (exact) mass is 556 g/mol. The van der Waals surface area contributed by atoms with Gasteiger partial charge in [0.25, 0.3) is 0 Å². The highest BCUT2D eigenvalue weighted by molar-refractivity contribution is 6.35. The number of hydrogen-bond donors (Lipinski definition) is 2. The van der Waals surface area contributed by atoms with Crippen molar-refractivity contribution in [1.29, 1.82) is 0 Å². The maximum Gasteiger partial charge on any atom is 0.215 e. The second-order valence-corrected chi connectivity index (χ2v) is 13.3. The molecule has 0 amide bonds. The molecule has 1 spiro atoms. The predicted octanol–water partition coefficient (Wildman–Crippen LogP) is 5.93. The zero-order chi connectivity index (χ0) is 29.1. The summed E-state index contributed by atoms with van der Waals surface area (Å²) >= 11 is 6.58. The number of carbonyl (C=O) groups excluding carboxylic acids is 2. The molecule has 1 heterocycles. The van der Waals surface area contributed by atoms with Crippen molar-refractivity contribution < 1.29 is 23.8 Å².